The summed E-state index contributed by atoms with van der Waals surface area (Å²) in [5, 5.41) is 0. The highest BCUT2D eigenvalue weighted by molar-refractivity contribution is 7.87. The molecule has 1 heterocycles. The van der Waals surface area contributed by atoms with E-state index in [0.29, 0.717) is 5.69 Å². The van der Waals surface area contributed by atoms with Crippen LogP contribution in [0, 0.1) is 0 Å². The second-order valence-electron chi connectivity index (χ2n) is 2.79. The number of aromatic nitrogens is 1. The summed E-state index contributed by atoms with van der Waals surface area (Å²) in [6, 6.07) is 4.83. The number of nitrogens with zero attached hydrogens (tertiary/aromatic N) is 1. The summed E-state index contributed by atoms with van der Waals surface area (Å²) in [7, 11) is -5.50. The number of hydrogen-bond acceptors (Lipinski definition) is 4. The second kappa shape index (κ2) is 4.79. The maximum absolute atomic E-state index is 11.8. The first-order chi connectivity index (χ1) is 7.33. The van der Waals surface area contributed by atoms with Crippen LogP contribution in [0.25, 0.3) is 0 Å². The van der Waals surface area contributed by atoms with Crippen molar-refractivity contribution < 1.29 is 25.8 Å². The van der Waals surface area contributed by atoms with Gasteiger partial charge in [0.25, 0.3) is 0 Å². The normalized spacial score (nSPS) is 12.7. The van der Waals surface area contributed by atoms with Crippen LogP contribution in [0.15, 0.2) is 24.4 Å². The average Bonchev–Trinajstić information content (AvgIpc) is 2.17. The van der Waals surface area contributed by atoms with Gasteiger partial charge in [-0.05, 0) is 12.1 Å². The van der Waals surface area contributed by atoms with Gasteiger partial charge in [-0.3, -0.25) is 9.17 Å². The van der Waals surface area contributed by atoms with Crippen LogP contribution in [-0.2, 0) is 20.7 Å². The summed E-state index contributed by atoms with van der Waals surface area (Å²) >= 11 is 0. The lowest BCUT2D eigenvalue weighted by atomic mass is 10.3. The zero-order valence-electron chi connectivity index (χ0n) is 7.94. The zero-order chi connectivity index (χ0) is 12.2. The summed E-state index contributed by atoms with van der Waals surface area (Å²) in [6.45, 7) is -0.584. The number of alkyl halides is 3. The summed E-state index contributed by atoms with van der Waals surface area (Å²) in [6.07, 6.45) is 1.45. The van der Waals surface area contributed by atoms with E-state index in [1.807, 2.05) is 0 Å². The van der Waals surface area contributed by atoms with Crippen molar-refractivity contribution in [1.29, 1.82) is 0 Å². The molecule has 0 fully saturated rings. The van der Waals surface area contributed by atoms with E-state index < -0.39 is 22.2 Å². The lowest BCUT2D eigenvalue weighted by Gasteiger charge is -2.07. The predicted molar refractivity (Wildman–Crippen MR) is 48.9 cm³/mol. The highest BCUT2D eigenvalue weighted by Gasteiger charge is 2.47. The monoisotopic (exact) mass is 255 g/mol. The third-order valence-corrected chi connectivity index (χ3v) is 2.65. The SMILES string of the molecule is O=S(=O)(OCCc1ccccn1)C(F)(F)F. The van der Waals surface area contributed by atoms with Gasteiger partial charge in [0, 0.05) is 18.3 Å². The third kappa shape index (κ3) is 3.46. The van der Waals surface area contributed by atoms with Crippen LogP contribution in [0.2, 0.25) is 0 Å². The smallest absolute Gasteiger partial charge is 0.263 e. The van der Waals surface area contributed by atoms with E-state index in [9.17, 15) is 21.6 Å². The van der Waals surface area contributed by atoms with Crippen molar-refractivity contribution in [3.63, 3.8) is 0 Å². The van der Waals surface area contributed by atoms with Crippen molar-refractivity contribution >= 4 is 10.1 Å². The molecule has 0 saturated heterocycles. The van der Waals surface area contributed by atoms with Crippen molar-refractivity contribution in [2.24, 2.45) is 0 Å². The van der Waals surface area contributed by atoms with Gasteiger partial charge in [0.1, 0.15) is 0 Å². The Hall–Kier alpha value is -1.15. The minimum atomic E-state index is -5.50. The topological polar surface area (TPSA) is 56.3 Å². The summed E-state index contributed by atoms with van der Waals surface area (Å²) in [4.78, 5) is 3.80. The Morgan fingerprint density at radius 3 is 2.50 bits per heavy atom. The maximum Gasteiger partial charge on any atom is 0.523 e. The van der Waals surface area contributed by atoms with Gasteiger partial charge in [-0.1, -0.05) is 6.07 Å². The molecule has 1 aromatic heterocycles. The average molecular weight is 255 g/mol. The van der Waals surface area contributed by atoms with E-state index >= 15 is 0 Å². The number of hydrogen-bond donors (Lipinski definition) is 0. The van der Waals surface area contributed by atoms with Crippen LogP contribution in [0.3, 0.4) is 0 Å². The molecule has 0 N–H and O–H groups in total. The van der Waals surface area contributed by atoms with Crippen molar-refractivity contribution in [3.8, 4) is 0 Å². The fourth-order valence-corrected chi connectivity index (χ4v) is 1.31. The molecule has 0 saturated carbocycles. The van der Waals surface area contributed by atoms with E-state index in [0.717, 1.165) is 0 Å². The molecule has 0 amide bonds. The molecule has 16 heavy (non-hydrogen) atoms. The van der Waals surface area contributed by atoms with E-state index in [1.165, 1.54) is 6.20 Å². The third-order valence-electron chi connectivity index (χ3n) is 1.61. The van der Waals surface area contributed by atoms with Crippen molar-refractivity contribution in [1.82, 2.24) is 4.98 Å². The lowest BCUT2D eigenvalue weighted by molar-refractivity contribution is -0.0541. The number of halogens is 3. The molecule has 0 aliphatic heterocycles. The molecular weight excluding hydrogens is 247 g/mol. The largest absolute Gasteiger partial charge is 0.523 e. The Balaban J connectivity index is 2.49. The first-order valence-corrected chi connectivity index (χ1v) is 5.59. The fraction of sp³-hybridized carbons (Fsp3) is 0.375. The lowest BCUT2D eigenvalue weighted by Crippen LogP contribution is -2.26. The Morgan fingerprint density at radius 1 is 1.31 bits per heavy atom. The van der Waals surface area contributed by atoms with E-state index in [4.69, 9.17) is 0 Å². The summed E-state index contributed by atoms with van der Waals surface area (Å²) in [5.41, 5.74) is -4.92. The molecule has 0 radical (unpaired) electrons. The minimum Gasteiger partial charge on any atom is -0.263 e. The van der Waals surface area contributed by atoms with Crippen LogP contribution >= 0.6 is 0 Å². The Bertz CT molecular complexity index is 430. The molecule has 0 aliphatic rings. The van der Waals surface area contributed by atoms with Gasteiger partial charge < -0.3 is 0 Å². The van der Waals surface area contributed by atoms with Gasteiger partial charge in [0.2, 0.25) is 0 Å². The van der Waals surface area contributed by atoms with Gasteiger partial charge in [0.15, 0.2) is 0 Å². The molecule has 0 spiro atoms. The molecule has 1 rings (SSSR count). The number of rotatable bonds is 4. The first kappa shape index (κ1) is 12.9. The second-order valence-corrected chi connectivity index (χ2v) is 4.40. The molecular formula is C8H8F3NO3S. The summed E-state index contributed by atoms with van der Waals surface area (Å²) in [5.74, 6) is 0. The summed E-state index contributed by atoms with van der Waals surface area (Å²) < 4.78 is 60.2. The van der Waals surface area contributed by atoms with Crippen molar-refractivity contribution in [3.05, 3.63) is 30.1 Å². The van der Waals surface area contributed by atoms with Gasteiger partial charge in [-0.15, -0.1) is 0 Å². The molecule has 0 unspecified atom stereocenters. The minimum absolute atomic E-state index is 0.00382. The van der Waals surface area contributed by atoms with Gasteiger partial charge in [0.05, 0.1) is 6.61 Å². The van der Waals surface area contributed by atoms with Gasteiger partial charge in [-0.25, -0.2) is 0 Å². The molecule has 0 aliphatic carbocycles. The van der Waals surface area contributed by atoms with Crippen LogP contribution in [0.5, 0.6) is 0 Å². The van der Waals surface area contributed by atoms with Crippen LogP contribution in [0.1, 0.15) is 5.69 Å². The van der Waals surface area contributed by atoms with E-state index in [-0.39, 0.29) is 6.42 Å². The van der Waals surface area contributed by atoms with Crippen molar-refractivity contribution in [2.75, 3.05) is 6.61 Å². The number of pyridine rings is 1. The Kier molecular flexibility index (Phi) is 3.87. The van der Waals surface area contributed by atoms with E-state index in [2.05, 4.69) is 9.17 Å². The molecule has 8 heteroatoms. The molecule has 1 aromatic rings. The van der Waals surface area contributed by atoms with Gasteiger partial charge in [-0.2, -0.15) is 21.6 Å². The standard InChI is InChI=1S/C8H8F3NO3S/c9-8(10,11)16(13,14)15-6-4-7-3-1-2-5-12-7/h1-3,5H,4,6H2. The molecule has 90 valence electrons. The zero-order valence-corrected chi connectivity index (χ0v) is 8.75. The van der Waals surface area contributed by atoms with Crippen molar-refractivity contribution in [2.45, 2.75) is 11.9 Å². The van der Waals surface area contributed by atoms with Crippen LogP contribution in [-0.4, -0.2) is 25.5 Å². The molecule has 0 bridgehead atoms. The maximum atomic E-state index is 11.8. The molecule has 4 nitrogen and oxygen atoms in total. The highest BCUT2D eigenvalue weighted by Crippen LogP contribution is 2.24. The quantitative estimate of drug-likeness (QED) is 0.604. The fourth-order valence-electron chi connectivity index (χ4n) is 0.869. The first-order valence-electron chi connectivity index (χ1n) is 4.18. The van der Waals surface area contributed by atoms with E-state index in [1.54, 1.807) is 18.2 Å². The molecule has 0 aromatic carbocycles. The Labute approximate surface area is 90.2 Å². The predicted octanol–water partition coefficient (Wildman–Crippen LogP) is 1.49. The van der Waals surface area contributed by atoms with Crippen LogP contribution in [0.4, 0.5) is 13.2 Å². The highest BCUT2D eigenvalue weighted by atomic mass is 32.2. The Morgan fingerprint density at radius 2 is 2.00 bits per heavy atom. The van der Waals surface area contributed by atoms with Crippen LogP contribution < -0.4 is 0 Å². The van der Waals surface area contributed by atoms with Gasteiger partial charge >= 0.3 is 15.6 Å². The molecule has 0 atom stereocenters.